The standard InChI is InChI=1S/C26H32N2O4/c1-20-2-4-21(5-3-20)18-25(29)27-12-10-22(11-13-27)19-32-24-8-6-23(7-9-24)26(30)28-14-16-31-17-15-28/h2-9,22H,10-19H2,1H3. The van der Waals surface area contributed by atoms with E-state index in [0.29, 0.717) is 50.8 Å². The average molecular weight is 437 g/mol. The molecule has 2 amide bonds. The van der Waals surface area contributed by atoms with Crippen LogP contribution in [0.2, 0.25) is 0 Å². The minimum atomic E-state index is 0.0440. The minimum Gasteiger partial charge on any atom is -0.493 e. The molecule has 2 saturated heterocycles. The predicted octanol–water partition coefficient (Wildman–Crippen LogP) is 3.33. The fraction of sp³-hybridized carbons (Fsp3) is 0.462. The highest BCUT2D eigenvalue weighted by atomic mass is 16.5. The van der Waals surface area contributed by atoms with Crippen LogP contribution in [-0.2, 0) is 16.0 Å². The van der Waals surface area contributed by atoms with Crippen molar-refractivity contribution in [1.29, 1.82) is 0 Å². The van der Waals surface area contributed by atoms with E-state index in [1.165, 1.54) is 5.56 Å². The van der Waals surface area contributed by atoms with E-state index in [1.54, 1.807) is 0 Å². The first-order valence-electron chi connectivity index (χ1n) is 11.5. The van der Waals surface area contributed by atoms with Gasteiger partial charge in [0, 0.05) is 31.7 Å². The fourth-order valence-corrected chi connectivity index (χ4v) is 4.20. The summed E-state index contributed by atoms with van der Waals surface area (Å²) < 4.78 is 11.3. The second-order valence-corrected chi connectivity index (χ2v) is 8.73. The van der Waals surface area contributed by atoms with Gasteiger partial charge in [-0.3, -0.25) is 9.59 Å². The largest absolute Gasteiger partial charge is 0.493 e. The lowest BCUT2D eigenvalue weighted by Gasteiger charge is -2.32. The van der Waals surface area contributed by atoms with Gasteiger partial charge in [-0.2, -0.15) is 0 Å². The number of carbonyl (C=O) groups is 2. The van der Waals surface area contributed by atoms with Gasteiger partial charge in [0.2, 0.25) is 5.91 Å². The molecule has 2 fully saturated rings. The molecule has 170 valence electrons. The van der Waals surface area contributed by atoms with E-state index in [2.05, 4.69) is 19.1 Å². The van der Waals surface area contributed by atoms with Crippen LogP contribution in [-0.4, -0.2) is 67.6 Å². The molecule has 2 aromatic rings. The second kappa shape index (κ2) is 10.6. The van der Waals surface area contributed by atoms with Crippen LogP contribution in [0.5, 0.6) is 5.75 Å². The number of nitrogens with zero attached hydrogens (tertiary/aromatic N) is 2. The lowest BCUT2D eigenvalue weighted by molar-refractivity contribution is -0.132. The molecule has 0 radical (unpaired) electrons. The predicted molar refractivity (Wildman–Crippen MR) is 123 cm³/mol. The molecule has 0 N–H and O–H groups in total. The first-order chi connectivity index (χ1) is 15.6. The van der Waals surface area contributed by atoms with Crippen molar-refractivity contribution in [2.24, 2.45) is 5.92 Å². The Bertz CT molecular complexity index is 896. The van der Waals surface area contributed by atoms with Gasteiger partial charge in [-0.05, 0) is 55.5 Å². The van der Waals surface area contributed by atoms with Gasteiger partial charge in [0.25, 0.3) is 5.91 Å². The third kappa shape index (κ3) is 5.88. The van der Waals surface area contributed by atoms with Crippen LogP contribution in [0, 0.1) is 12.8 Å². The van der Waals surface area contributed by atoms with Gasteiger partial charge >= 0.3 is 0 Å². The normalized spacial score (nSPS) is 17.3. The molecule has 0 aromatic heterocycles. The zero-order valence-corrected chi connectivity index (χ0v) is 18.8. The Morgan fingerprint density at radius 3 is 2.22 bits per heavy atom. The number of carbonyl (C=O) groups excluding carboxylic acids is 2. The van der Waals surface area contributed by atoms with Crippen molar-refractivity contribution >= 4 is 11.8 Å². The van der Waals surface area contributed by atoms with Crippen LogP contribution in [0.4, 0.5) is 0 Å². The lowest BCUT2D eigenvalue weighted by atomic mass is 9.97. The summed E-state index contributed by atoms with van der Waals surface area (Å²) in [7, 11) is 0. The molecule has 32 heavy (non-hydrogen) atoms. The molecule has 0 atom stereocenters. The van der Waals surface area contributed by atoms with Crippen molar-refractivity contribution in [3.63, 3.8) is 0 Å². The smallest absolute Gasteiger partial charge is 0.254 e. The molecular formula is C26H32N2O4. The Morgan fingerprint density at radius 1 is 0.906 bits per heavy atom. The van der Waals surface area contributed by atoms with Gasteiger partial charge in [0.05, 0.1) is 26.2 Å². The number of piperidine rings is 1. The Morgan fingerprint density at radius 2 is 1.56 bits per heavy atom. The number of hydrogen-bond acceptors (Lipinski definition) is 4. The molecule has 2 aliphatic rings. The topological polar surface area (TPSA) is 59.1 Å². The number of aryl methyl sites for hydroxylation is 1. The zero-order valence-electron chi connectivity index (χ0n) is 18.8. The van der Waals surface area contributed by atoms with Crippen LogP contribution in [0.3, 0.4) is 0 Å². The summed E-state index contributed by atoms with van der Waals surface area (Å²) in [5, 5.41) is 0. The first-order valence-corrected chi connectivity index (χ1v) is 11.5. The van der Waals surface area contributed by atoms with Crippen molar-refractivity contribution in [3.05, 3.63) is 65.2 Å². The number of likely N-dealkylation sites (tertiary alicyclic amines) is 1. The Hall–Kier alpha value is -2.86. The maximum Gasteiger partial charge on any atom is 0.254 e. The maximum atomic E-state index is 12.6. The summed E-state index contributed by atoms with van der Waals surface area (Å²) in [6.45, 7) is 6.74. The number of amides is 2. The molecule has 0 bridgehead atoms. The summed E-state index contributed by atoms with van der Waals surface area (Å²) in [6.07, 6.45) is 2.37. The van der Waals surface area contributed by atoms with Crippen LogP contribution in [0.1, 0.15) is 34.3 Å². The quantitative estimate of drug-likeness (QED) is 0.697. The molecule has 2 heterocycles. The number of benzene rings is 2. The van der Waals surface area contributed by atoms with Crippen LogP contribution >= 0.6 is 0 Å². The summed E-state index contributed by atoms with van der Waals surface area (Å²) in [5.74, 6) is 1.46. The van der Waals surface area contributed by atoms with Crippen molar-refractivity contribution in [1.82, 2.24) is 9.80 Å². The lowest BCUT2D eigenvalue weighted by Crippen LogP contribution is -2.40. The summed E-state index contributed by atoms with van der Waals surface area (Å²) in [6, 6.07) is 15.6. The summed E-state index contributed by atoms with van der Waals surface area (Å²) in [5.41, 5.74) is 2.96. The molecule has 0 spiro atoms. The maximum absolute atomic E-state index is 12.6. The zero-order chi connectivity index (χ0) is 22.3. The Kier molecular flexibility index (Phi) is 7.43. The molecule has 4 rings (SSSR count). The summed E-state index contributed by atoms with van der Waals surface area (Å²) in [4.78, 5) is 28.9. The van der Waals surface area contributed by atoms with Crippen molar-refractivity contribution in [3.8, 4) is 5.75 Å². The SMILES string of the molecule is Cc1ccc(CC(=O)N2CCC(COc3ccc(C(=O)N4CCOCC4)cc3)CC2)cc1. The van der Waals surface area contributed by atoms with Crippen molar-refractivity contribution in [2.45, 2.75) is 26.2 Å². The molecule has 0 aliphatic carbocycles. The Balaban J connectivity index is 1.19. The number of morpholine rings is 1. The van der Waals surface area contributed by atoms with Gasteiger partial charge in [0.15, 0.2) is 0 Å². The average Bonchev–Trinajstić information content (AvgIpc) is 2.85. The van der Waals surface area contributed by atoms with Crippen molar-refractivity contribution < 1.29 is 19.1 Å². The highest BCUT2D eigenvalue weighted by molar-refractivity contribution is 5.94. The second-order valence-electron chi connectivity index (χ2n) is 8.73. The molecule has 2 aromatic carbocycles. The van der Waals surface area contributed by atoms with E-state index in [1.807, 2.05) is 46.2 Å². The van der Waals surface area contributed by atoms with E-state index < -0.39 is 0 Å². The molecular weight excluding hydrogens is 404 g/mol. The van der Waals surface area contributed by atoms with E-state index in [-0.39, 0.29) is 11.8 Å². The molecule has 0 saturated carbocycles. The minimum absolute atomic E-state index is 0.0440. The highest BCUT2D eigenvalue weighted by Gasteiger charge is 2.23. The Labute approximate surface area is 190 Å². The van der Waals surface area contributed by atoms with Gasteiger partial charge < -0.3 is 19.3 Å². The van der Waals surface area contributed by atoms with Crippen LogP contribution in [0.25, 0.3) is 0 Å². The van der Waals surface area contributed by atoms with Gasteiger partial charge in [-0.1, -0.05) is 29.8 Å². The number of hydrogen-bond donors (Lipinski definition) is 0. The number of rotatable bonds is 6. The highest BCUT2D eigenvalue weighted by Crippen LogP contribution is 2.21. The van der Waals surface area contributed by atoms with E-state index in [0.717, 1.165) is 37.2 Å². The molecule has 6 nitrogen and oxygen atoms in total. The first kappa shape index (κ1) is 22.3. The molecule has 0 unspecified atom stereocenters. The van der Waals surface area contributed by atoms with E-state index in [9.17, 15) is 9.59 Å². The molecule has 2 aliphatic heterocycles. The van der Waals surface area contributed by atoms with Gasteiger partial charge in [0.1, 0.15) is 5.75 Å². The molecule has 6 heteroatoms. The van der Waals surface area contributed by atoms with Crippen LogP contribution < -0.4 is 4.74 Å². The third-order valence-electron chi connectivity index (χ3n) is 6.33. The van der Waals surface area contributed by atoms with Gasteiger partial charge in [-0.15, -0.1) is 0 Å². The van der Waals surface area contributed by atoms with E-state index in [4.69, 9.17) is 9.47 Å². The third-order valence-corrected chi connectivity index (χ3v) is 6.33. The monoisotopic (exact) mass is 436 g/mol. The summed E-state index contributed by atoms with van der Waals surface area (Å²) >= 11 is 0. The van der Waals surface area contributed by atoms with Gasteiger partial charge in [-0.25, -0.2) is 0 Å². The van der Waals surface area contributed by atoms with Crippen LogP contribution in [0.15, 0.2) is 48.5 Å². The fourth-order valence-electron chi connectivity index (χ4n) is 4.20. The van der Waals surface area contributed by atoms with Crippen molar-refractivity contribution in [2.75, 3.05) is 46.0 Å². The number of ether oxygens (including phenoxy) is 2. The van der Waals surface area contributed by atoms with E-state index >= 15 is 0 Å².